The predicted octanol–water partition coefficient (Wildman–Crippen LogP) is 4.23. The van der Waals surface area contributed by atoms with Crippen LogP contribution in [-0.2, 0) is 22.6 Å². The molecule has 0 saturated heterocycles. The fourth-order valence-electron chi connectivity index (χ4n) is 2.85. The molecule has 144 valence electrons. The minimum Gasteiger partial charge on any atom is -0.357 e. The number of nitrogens with one attached hydrogen (secondary N) is 1. The van der Waals surface area contributed by atoms with Crippen LogP contribution in [0.5, 0.6) is 0 Å². The van der Waals surface area contributed by atoms with E-state index in [1.54, 1.807) is 43.3 Å². The summed E-state index contributed by atoms with van der Waals surface area (Å²) in [5.74, 6) is -1.15. The highest BCUT2D eigenvalue weighted by atomic mass is 35.5. The van der Waals surface area contributed by atoms with Gasteiger partial charge in [-0.3, -0.25) is 9.59 Å². The number of carbonyl (C=O) groups is 2. The van der Waals surface area contributed by atoms with E-state index in [1.165, 1.54) is 18.0 Å². The van der Waals surface area contributed by atoms with E-state index in [1.807, 2.05) is 0 Å². The Morgan fingerprint density at radius 3 is 2.30 bits per heavy atom. The summed E-state index contributed by atoms with van der Waals surface area (Å²) < 4.78 is 14.0. The van der Waals surface area contributed by atoms with Crippen molar-refractivity contribution >= 4 is 35.0 Å². The molecular weight excluding hydrogens is 390 g/mol. The number of halogens is 3. The number of nitrogens with zero attached hydrogens (tertiary/aromatic N) is 1. The van der Waals surface area contributed by atoms with Crippen molar-refractivity contribution in [2.45, 2.75) is 32.4 Å². The zero-order valence-corrected chi connectivity index (χ0v) is 16.6. The summed E-state index contributed by atoms with van der Waals surface area (Å²) in [7, 11) is 1.51. The van der Waals surface area contributed by atoms with Crippen molar-refractivity contribution in [2.75, 3.05) is 7.05 Å². The van der Waals surface area contributed by atoms with Crippen LogP contribution in [0.3, 0.4) is 0 Å². The van der Waals surface area contributed by atoms with E-state index >= 15 is 0 Å². The molecule has 2 amide bonds. The minimum atomic E-state index is -0.721. The van der Waals surface area contributed by atoms with Crippen LogP contribution in [-0.4, -0.2) is 29.8 Å². The third-order valence-electron chi connectivity index (χ3n) is 4.32. The second-order valence-corrected chi connectivity index (χ2v) is 6.84. The van der Waals surface area contributed by atoms with E-state index in [-0.39, 0.29) is 30.3 Å². The number of carbonyl (C=O) groups excluding carboxylic acids is 2. The standard InChI is InChI=1S/C20H21Cl2FN2O2/c1-3-18(20(27)24-2)25(12-14-15(21)8-6-9-16(14)22)19(26)11-13-7-4-5-10-17(13)23/h4-10,18H,3,11-12H2,1-2H3,(H,24,27)/t18-/m1/s1. The zero-order valence-electron chi connectivity index (χ0n) is 15.1. The highest BCUT2D eigenvalue weighted by Gasteiger charge is 2.29. The van der Waals surface area contributed by atoms with Gasteiger partial charge in [-0.1, -0.05) is 54.4 Å². The lowest BCUT2D eigenvalue weighted by Crippen LogP contribution is -2.48. The first kappa shape index (κ1) is 21.2. The third-order valence-corrected chi connectivity index (χ3v) is 5.03. The van der Waals surface area contributed by atoms with Gasteiger partial charge < -0.3 is 10.2 Å². The molecule has 1 N–H and O–H groups in total. The highest BCUT2D eigenvalue weighted by Crippen LogP contribution is 2.27. The molecule has 2 aromatic carbocycles. The molecule has 0 aliphatic rings. The summed E-state index contributed by atoms with van der Waals surface area (Å²) in [5, 5.41) is 3.37. The molecule has 0 saturated carbocycles. The molecule has 4 nitrogen and oxygen atoms in total. The minimum absolute atomic E-state index is 0.0533. The lowest BCUT2D eigenvalue weighted by atomic mass is 10.1. The van der Waals surface area contributed by atoms with Gasteiger partial charge in [0.2, 0.25) is 11.8 Å². The Hall–Kier alpha value is -2.11. The maximum absolute atomic E-state index is 14.0. The Balaban J connectivity index is 2.38. The van der Waals surface area contributed by atoms with Crippen molar-refractivity contribution in [3.63, 3.8) is 0 Å². The number of likely N-dealkylation sites (N-methyl/N-ethyl adjacent to an activating group) is 1. The molecule has 0 bridgehead atoms. The topological polar surface area (TPSA) is 49.4 Å². The first-order valence-electron chi connectivity index (χ1n) is 8.56. The molecule has 0 heterocycles. The fraction of sp³-hybridized carbons (Fsp3) is 0.300. The van der Waals surface area contributed by atoms with Crippen molar-refractivity contribution < 1.29 is 14.0 Å². The summed E-state index contributed by atoms with van der Waals surface area (Å²) in [4.78, 5) is 26.7. The maximum Gasteiger partial charge on any atom is 0.242 e. The first-order chi connectivity index (χ1) is 12.9. The Kier molecular flexibility index (Phi) is 7.63. The van der Waals surface area contributed by atoms with Crippen LogP contribution in [0.25, 0.3) is 0 Å². The molecule has 1 atom stereocenters. The summed E-state index contributed by atoms with van der Waals surface area (Å²) in [6.07, 6.45) is 0.229. The van der Waals surface area contributed by atoms with E-state index < -0.39 is 11.9 Å². The molecule has 27 heavy (non-hydrogen) atoms. The van der Waals surface area contributed by atoms with Crippen molar-refractivity contribution in [2.24, 2.45) is 0 Å². The van der Waals surface area contributed by atoms with Gasteiger partial charge in [0.25, 0.3) is 0 Å². The van der Waals surface area contributed by atoms with Crippen LogP contribution in [0.1, 0.15) is 24.5 Å². The molecule has 7 heteroatoms. The summed E-state index contributed by atoms with van der Waals surface area (Å²) in [5.41, 5.74) is 0.814. The van der Waals surface area contributed by atoms with E-state index in [0.29, 0.717) is 22.0 Å². The van der Waals surface area contributed by atoms with Gasteiger partial charge in [0.1, 0.15) is 11.9 Å². The number of rotatable bonds is 7. The predicted molar refractivity (Wildman–Crippen MR) is 105 cm³/mol. The largest absolute Gasteiger partial charge is 0.357 e. The fourth-order valence-corrected chi connectivity index (χ4v) is 3.36. The average molecular weight is 411 g/mol. The van der Waals surface area contributed by atoms with Gasteiger partial charge in [-0.25, -0.2) is 4.39 Å². The van der Waals surface area contributed by atoms with Gasteiger partial charge >= 0.3 is 0 Å². The normalized spacial score (nSPS) is 11.7. The summed E-state index contributed by atoms with van der Waals surface area (Å²) in [6, 6.07) is 10.4. The Morgan fingerprint density at radius 2 is 1.74 bits per heavy atom. The van der Waals surface area contributed by atoms with Crippen LogP contribution < -0.4 is 5.32 Å². The SMILES string of the molecule is CC[C@H](C(=O)NC)N(Cc1c(Cl)cccc1Cl)C(=O)Cc1ccccc1F. The highest BCUT2D eigenvalue weighted by molar-refractivity contribution is 6.36. The average Bonchev–Trinajstić information content (AvgIpc) is 2.65. The molecule has 0 spiro atoms. The van der Waals surface area contributed by atoms with Crippen LogP contribution in [0.15, 0.2) is 42.5 Å². The molecular formula is C20H21Cl2FN2O2. The van der Waals surface area contributed by atoms with Gasteiger partial charge in [0, 0.05) is 29.2 Å². The molecule has 2 aromatic rings. The van der Waals surface area contributed by atoms with Crippen LogP contribution in [0, 0.1) is 5.82 Å². The smallest absolute Gasteiger partial charge is 0.242 e. The van der Waals surface area contributed by atoms with Crippen LogP contribution in [0.4, 0.5) is 4.39 Å². The van der Waals surface area contributed by atoms with Gasteiger partial charge in [0.05, 0.1) is 6.42 Å². The maximum atomic E-state index is 14.0. The van der Waals surface area contributed by atoms with Gasteiger partial charge in [-0.2, -0.15) is 0 Å². The molecule has 2 rings (SSSR count). The zero-order chi connectivity index (χ0) is 20.0. The molecule has 0 fully saturated rings. The number of hydrogen-bond donors (Lipinski definition) is 1. The molecule has 0 radical (unpaired) electrons. The van der Waals surface area contributed by atoms with E-state index in [2.05, 4.69) is 5.32 Å². The Morgan fingerprint density at radius 1 is 1.11 bits per heavy atom. The van der Waals surface area contributed by atoms with Crippen molar-refractivity contribution in [1.29, 1.82) is 0 Å². The molecule has 0 unspecified atom stereocenters. The van der Waals surface area contributed by atoms with Gasteiger partial charge in [-0.05, 0) is 30.2 Å². The van der Waals surface area contributed by atoms with Crippen LogP contribution >= 0.6 is 23.2 Å². The van der Waals surface area contributed by atoms with Crippen molar-refractivity contribution in [3.05, 3.63) is 69.5 Å². The lowest BCUT2D eigenvalue weighted by Gasteiger charge is -2.31. The summed E-state index contributed by atoms with van der Waals surface area (Å²) >= 11 is 12.5. The van der Waals surface area contributed by atoms with Gasteiger partial charge in [0.15, 0.2) is 0 Å². The molecule has 0 aliphatic heterocycles. The van der Waals surface area contributed by atoms with Crippen molar-refractivity contribution in [1.82, 2.24) is 10.2 Å². The molecule has 0 aromatic heterocycles. The number of amides is 2. The van der Waals surface area contributed by atoms with Crippen LogP contribution in [0.2, 0.25) is 10.0 Å². The van der Waals surface area contributed by atoms with Gasteiger partial charge in [-0.15, -0.1) is 0 Å². The third kappa shape index (κ3) is 5.21. The number of benzene rings is 2. The second kappa shape index (κ2) is 9.72. The molecule has 0 aliphatic carbocycles. The Bertz CT molecular complexity index is 809. The van der Waals surface area contributed by atoms with Crippen molar-refractivity contribution in [3.8, 4) is 0 Å². The Labute approximate surface area is 168 Å². The number of hydrogen-bond acceptors (Lipinski definition) is 2. The van der Waals surface area contributed by atoms with E-state index in [0.717, 1.165) is 0 Å². The van der Waals surface area contributed by atoms with E-state index in [9.17, 15) is 14.0 Å². The first-order valence-corrected chi connectivity index (χ1v) is 9.32. The van der Waals surface area contributed by atoms with E-state index in [4.69, 9.17) is 23.2 Å². The summed E-state index contributed by atoms with van der Waals surface area (Å²) in [6.45, 7) is 1.86. The second-order valence-electron chi connectivity index (χ2n) is 6.03. The quantitative estimate of drug-likeness (QED) is 0.742. The lowest BCUT2D eigenvalue weighted by molar-refractivity contribution is -0.140. The monoisotopic (exact) mass is 410 g/mol.